The number of benzene rings is 1. The van der Waals surface area contributed by atoms with E-state index in [1.165, 1.54) is 0 Å². The fourth-order valence-electron chi connectivity index (χ4n) is 1.60. The topological polar surface area (TPSA) is 40.5 Å². The van der Waals surface area contributed by atoms with Crippen molar-refractivity contribution in [1.82, 2.24) is 0 Å². The number of hydrogen-bond acceptors (Lipinski definition) is 2. The number of aliphatic hydroxyl groups is 2. The largest absolute Gasteiger partial charge is 0.390 e. The molecule has 0 aliphatic heterocycles. The molecule has 0 amide bonds. The molecule has 0 aliphatic carbocycles. The minimum absolute atomic E-state index is 0.533. The van der Waals surface area contributed by atoms with Crippen molar-refractivity contribution >= 4 is 0 Å². The lowest BCUT2D eigenvalue weighted by atomic mass is 10.0. The molecular weight excluding hydrogens is 188 g/mol. The van der Waals surface area contributed by atoms with E-state index in [2.05, 4.69) is 6.92 Å². The molecule has 0 heterocycles. The first kappa shape index (κ1) is 12.2. The smallest absolute Gasteiger partial charge is 0.0839 e. The summed E-state index contributed by atoms with van der Waals surface area (Å²) in [6.45, 7) is 2.08. The molecule has 1 rings (SSSR count). The van der Waals surface area contributed by atoms with E-state index >= 15 is 0 Å². The second-order valence-electron chi connectivity index (χ2n) is 3.97. The van der Waals surface area contributed by atoms with Gasteiger partial charge in [0.2, 0.25) is 0 Å². The van der Waals surface area contributed by atoms with Crippen LogP contribution in [0.2, 0.25) is 0 Å². The highest BCUT2D eigenvalue weighted by Gasteiger charge is 2.15. The average Bonchev–Trinajstić information content (AvgIpc) is 2.27. The highest BCUT2D eigenvalue weighted by atomic mass is 16.3. The van der Waals surface area contributed by atoms with Crippen molar-refractivity contribution in [2.24, 2.45) is 0 Å². The summed E-state index contributed by atoms with van der Waals surface area (Å²) < 4.78 is 0. The average molecular weight is 208 g/mol. The minimum Gasteiger partial charge on any atom is -0.390 e. The number of hydrogen-bond donors (Lipinski definition) is 2. The first-order chi connectivity index (χ1) is 7.24. The lowest BCUT2D eigenvalue weighted by Crippen LogP contribution is -2.27. The Bertz CT molecular complexity index is 258. The van der Waals surface area contributed by atoms with E-state index < -0.39 is 12.2 Å². The third-order valence-electron chi connectivity index (χ3n) is 2.59. The van der Waals surface area contributed by atoms with Gasteiger partial charge >= 0.3 is 0 Å². The molecular formula is C13H20O2. The Kier molecular flexibility index (Phi) is 5.37. The summed E-state index contributed by atoms with van der Waals surface area (Å²) in [5.41, 5.74) is 1.07. The van der Waals surface area contributed by atoms with Crippen LogP contribution in [0.5, 0.6) is 0 Å². The molecule has 84 valence electrons. The molecule has 0 fully saturated rings. The Balaban J connectivity index is 2.38. The molecule has 0 saturated heterocycles. The summed E-state index contributed by atoms with van der Waals surface area (Å²) in [6, 6.07) is 9.77. The van der Waals surface area contributed by atoms with Crippen LogP contribution in [0.3, 0.4) is 0 Å². The summed E-state index contributed by atoms with van der Waals surface area (Å²) in [6.07, 6.45) is 2.00. The summed E-state index contributed by atoms with van der Waals surface area (Å²) in [5.74, 6) is 0. The molecule has 2 unspecified atom stereocenters. The van der Waals surface area contributed by atoms with E-state index in [0.717, 1.165) is 18.4 Å². The zero-order valence-electron chi connectivity index (χ0n) is 9.26. The molecule has 1 aromatic rings. The molecule has 15 heavy (non-hydrogen) atoms. The number of rotatable bonds is 6. The van der Waals surface area contributed by atoms with Gasteiger partial charge in [-0.1, -0.05) is 50.1 Å². The Morgan fingerprint density at radius 2 is 1.73 bits per heavy atom. The molecule has 0 aliphatic rings. The summed E-state index contributed by atoms with van der Waals surface area (Å²) >= 11 is 0. The van der Waals surface area contributed by atoms with Crippen LogP contribution in [0.25, 0.3) is 0 Å². The molecule has 0 spiro atoms. The summed E-state index contributed by atoms with van der Waals surface area (Å²) in [7, 11) is 0. The van der Waals surface area contributed by atoms with Crippen molar-refractivity contribution in [3.63, 3.8) is 0 Å². The fourth-order valence-corrected chi connectivity index (χ4v) is 1.60. The highest BCUT2D eigenvalue weighted by molar-refractivity contribution is 5.15. The van der Waals surface area contributed by atoms with Crippen molar-refractivity contribution < 1.29 is 10.2 Å². The third-order valence-corrected chi connectivity index (χ3v) is 2.59. The fraction of sp³-hybridized carbons (Fsp3) is 0.538. The lowest BCUT2D eigenvalue weighted by Gasteiger charge is -2.17. The van der Waals surface area contributed by atoms with E-state index in [4.69, 9.17) is 0 Å². The van der Waals surface area contributed by atoms with Crippen molar-refractivity contribution in [3.05, 3.63) is 35.9 Å². The van der Waals surface area contributed by atoms with E-state index in [9.17, 15) is 10.2 Å². The van der Waals surface area contributed by atoms with Crippen LogP contribution in [0.15, 0.2) is 30.3 Å². The quantitative estimate of drug-likeness (QED) is 0.752. The Hall–Kier alpha value is -0.860. The van der Waals surface area contributed by atoms with Gasteiger partial charge in [0.1, 0.15) is 0 Å². The van der Waals surface area contributed by atoms with Gasteiger partial charge in [-0.05, 0) is 12.0 Å². The van der Waals surface area contributed by atoms with Gasteiger partial charge in [0.05, 0.1) is 12.2 Å². The Labute approximate surface area is 91.6 Å². The Morgan fingerprint density at radius 1 is 1.07 bits per heavy atom. The van der Waals surface area contributed by atoms with Gasteiger partial charge in [-0.25, -0.2) is 0 Å². The van der Waals surface area contributed by atoms with E-state index in [-0.39, 0.29) is 0 Å². The number of unbranched alkanes of at least 4 members (excludes halogenated alkanes) is 1. The van der Waals surface area contributed by atoms with Crippen LogP contribution in [-0.2, 0) is 6.42 Å². The molecule has 0 aromatic heterocycles. The van der Waals surface area contributed by atoms with Gasteiger partial charge in [-0.3, -0.25) is 0 Å². The van der Waals surface area contributed by atoms with Gasteiger partial charge in [-0.15, -0.1) is 0 Å². The van der Waals surface area contributed by atoms with Crippen LogP contribution in [-0.4, -0.2) is 22.4 Å². The zero-order chi connectivity index (χ0) is 11.1. The highest BCUT2D eigenvalue weighted by Crippen LogP contribution is 2.10. The van der Waals surface area contributed by atoms with Crippen molar-refractivity contribution in [1.29, 1.82) is 0 Å². The van der Waals surface area contributed by atoms with Crippen molar-refractivity contribution in [3.8, 4) is 0 Å². The standard InChI is InChI=1S/C13H20O2/c1-2-3-9-12(14)13(15)10-11-7-5-4-6-8-11/h4-8,12-15H,2-3,9-10H2,1H3. The second kappa shape index (κ2) is 6.59. The van der Waals surface area contributed by atoms with Gasteiger partial charge in [0.15, 0.2) is 0 Å². The summed E-state index contributed by atoms with van der Waals surface area (Å²) in [4.78, 5) is 0. The van der Waals surface area contributed by atoms with Gasteiger partial charge < -0.3 is 10.2 Å². The van der Waals surface area contributed by atoms with E-state index in [1.54, 1.807) is 0 Å². The van der Waals surface area contributed by atoms with Crippen LogP contribution in [0.4, 0.5) is 0 Å². The maximum Gasteiger partial charge on any atom is 0.0839 e. The third kappa shape index (κ3) is 4.45. The second-order valence-corrected chi connectivity index (χ2v) is 3.97. The van der Waals surface area contributed by atoms with Gasteiger partial charge in [0, 0.05) is 6.42 Å². The van der Waals surface area contributed by atoms with Crippen LogP contribution >= 0.6 is 0 Å². The maximum atomic E-state index is 9.75. The summed E-state index contributed by atoms with van der Waals surface area (Å²) in [5, 5.41) is 19.4. The predicted octanol–water partition coefficient (Wildman–Crippen LogP) is 2.14. The van der Waals surface area contributed by atoms with Gasteiger partial charge in [0.25, 0.3) is 0 Å². The predicted molar refractivity (Wildman–Crippen MR) is 61.7 cm³/mol. The molecule has 2 nitrogen and oxygen atoms in total. The molecule has 0 saturated carbocycles. The Morgan fingerprint density at radius 3 is 2.33 bits per heavy atom. The monoisotopic (exact) mass is 208 g/mol. The molecule has 2 atom stereocenters. The maximum absolute atomic E-state index is 9.75. The lowest BCUT2D eigenvalue weighted by molar-refractivity contribution is 0.0140. The van der Waals surface area contributed by atoms with E-state index in [1.807, 2.05) is 30.3 Å². The zero-order valence-corrected chi connectivity index (χ0v) is 9.26. The molecule has 2 heteroatoms. The van der Waals surface area contributed by atoms with Gasteiger partial charge in [-0.2, -0.15) is 0 Å². The SMILES string of the molecule is CCCCC(O)C(O)Cc1ccccc1. The normalized spacial score (nSPS) is 14.9. The molecule has 0 bridgehead atoms. The first-order valence-electron chi connectivity index (χ1n) is 5.64. The van der Waals surface area contributed by atoms with Crippen LogP contribution < -0.4 is 0 Å². The van der Waals surface area contributed by atoms with Crippen LogP contribution in [0.1, 0.15) is 31.7 Å². The molecule has 1 aromatic carbocycles. The minimum atomic E-state index is -0.640. The van der Waals surface area contributed by atoms with Crippen molar-refractivity contribution in [2.75, 3.05) is 0 Å². The molecule has 0 radical (unpaired) electrons. The van der Waals surface area contributed by atoms with E-state index in [0.29, 0.717) is 12.8 Å². The first-order valence-corrected chi connectivity index (χ1v) is 5.64. The van der Waals surface area contributed by atoms with Crippen molar-refractivity contribution in [2.45, 2.75) is 44.8 Å². The molecule has 2 N–H and O–H groups in total. The number of aliphatic hydroxyl groups excluding tert-OH is 2. The van der Waals surface area contributed by atoms with Crippen LogP contribution in [0, 0.1) is 0 Å².